The van der Waals surface area contributed by atoms with Crippen LogP contribution in [-0.4, -0.2) is 23.8 Å². The number of halogens is 1. The molecular formula is C12H12FN3O3. The van der Waals surface area contributed by atoms with Crippen LogP contribution >= 0.6 is 0 Å². The first-order chi connectivity index (χ1) is 8.95. The van der Waals surface area contributed by atoms with Crippen molar-refractivity contribution in [1.82, 2.24) is 10.6 Å². The maximum Gasteiger partial charge on any atom is 0.252 e. The molecule has 0 radical (unpaired) electrons. The summed E-state index contributed by atoms with van der Waals surface area (Å²) < 4.78 is 13.1. The number of carbonyl (C=O) groups excluding carboxylic acids is 3. The molecule has 19 heavy (non-hydrogen) atoms. The average Bonchev–Trinajstić information content (AvgIpc) is 2.31. The first-order valence-electron chi connectivity index (χ1n) is 5.66. The molecule has 3 amide bonds. The molecule has 100 valence electrons. The molecule has 1 atom stereocenters. The number of nitrogens with two attached hydrogens (primary N) is 1. The highest BCUT2D eigenvalue weighted by Gasteiger charge is 2.28. The van der Waals surface area contributed by atoms with Crippen LogP contribution in [0.25, 0.3) is 0 Å². The third-order valence-electron chi connectivity index (χ3n) is 2.73. The molecule has 2 rings (SSSR count). The smallest absolute Gasteiger partial charge is 0.252 e. The summed E-state index contributed by atoms with van der Waals surface area (Å²) in [6.45, 7) is 0. The number of piperidine rings is 1. The summed E-state index contributed by atoms with van der Waals surface area (Å²) in [5.74, 6) is -2.17. The minimum absolute atomic E-state index is 0.0298. The molecule has 1 aromatic carbocycles. The Labute approximate surface area is 108 Å². The fraction of sp³-hybridized carbons (Fsp3) is 0.250. The van der Waals surface area contributed by atoms with E-state index in [1.54, 1.807) is 0 Å². The number of imide groups is 1. The fourth-order valence-electron chi connectivity index (χ4n) is 1.82. The van der Waals surface area contributed by atoms with Crippen molar-refractivity contribution in [3.05, 3.63) is 29.6 Å². The van der Waals surface area contributed by atoms with E-state index in [1.807, 2.05) is 0 Å². The Hall–Kier alpha value is -2.44. The predicted molar refractivity (Wildman–Crippen MR) is 64.5 cm³/mol. The van der Waals surface area contributed by atoms with Gasteiger partial charge in [-0.25, -0.2) is 4.39 Å². The summed E-state index contributed by atoms with van der Waals surface area (Å²) in [7, 11) is 0. The number of nitrogen functional groups attached to an aromatic ring is 1. The lowest BCUT2D eigenvalue weighted by atomic mass is 10.1. The summed E-state index contributed by atoms with van der Waals surface area (Å²) in [5, 5.41) is 4.55. The quantitative estimate of drug-likeness (QED) is 0.515. The number of benzene rings is 1. The molecule has 1 aromatic rings. The number of hydrogen-bond acceptors (Lipinski definition) is 4. The minimum Gasteiger partial charge on any atom is -0.399 e. The molecule has 1 fully saturated rings. The van der Waals surface area contributed by atoms with E-state index < -0.39 is 23.7 Å². The molecule has 0 saturated carbocycles. The molecule has 1 aliphatic rings. The van der Waals surface area contributed by atoms with E-state index in [0.29, 0.717) is 0 Å². The highest BCUT2D eigenvalue weighted by molar-refractivity contribution is 6.03. The maximum atomic E-state index is 13.1. The standard InChI is InChI=1S/C12H12FN3O3/c13-7-3-6(4-8(14)5-7)11(18)15-9-1-2-10(17)16-12(9)19/h3-5,9H,1-2,14H2,(H,15,18)(H,16,17,19). The zero-order chi connectivity index (χ0) is 14.0. The monoisotopic (exact) mass is 265 g/mol. The van der Waals surface area contributed by atoms with Crippen LogP contribution in [0.2, 0.25) is 0 Å². The van der Waals surface area contributed by atoms with Crippen LogP contribution in [0.3, 0.4) is 0 Å². The molecule has 1 saturated heterocycles. The number of amides is 3. The van der Waals surface area contributed by atoms with Crippen molar-refractivity contribution in [1.29, 1.82) is 0 Å². The maximum absolute atomic E-state index is 13.1. The number of hydrogen-bond donors (Lipinski definition) is 3. The van der Waals surface area contributed by atoms with Crippen molar-refractivity contribution in [3.63, 3.8) is 0 Å². The molecule has 4 N–H and O–H groups in total. The lowest BCUT2D eigenvalue weighted by molar-refractivity contribution is -0.134. The van der Waals surface area contributed by atoms with Crippen molar-refractivity contribution in [3.8, 4) is 0 Å². The lowest BCUT2D eigenvalue weighted by Crippen LogP contribution is -2.52. The first-order valence-corrected chi connectivity index (χ1v) is 5.66. The van der Waals surface area contributed by atoms with Crippen LogP contribution in [-0.2, 0) is 9.59 Å². The summed E-state index contributed by atoms with van der Waals surface area (Å²) in [6, 6.07) is 2.62. The van der Waals surface area contributed by atoms with Crippen molar-refractivity contribution < 1.29 is 18.8 Å². The molecular weight excluding hydrogens is 253 g/mol. The largest absolute Gasteiger partial charge is 0.399 e. The fourth-order valence-corrected chi connectivity index (χ4v) is 1.82. The summed E-state index contributed by atoms with van der Waals surface area (Å²) in [5.41, 5.74) is 5.58. The lowest BCUT2D eigenvalue weighted by Gasteiger charge is -2.21. The molecule has 0 aromatic heterocycles. The third-order valence-corrected chi connectivity index (χ3v) is 2.73. The molecule has 1 heterocycles. The van der Waals surface area contributed by atoms with E-state index in [2.05, 4.69) is 10.6 Å². The Morgan fingerprint density at radius 3 is 2.74 bits per heavy atom. The molecule has 6 nitrogen and oxygen atoms in total. The van der Waals surface area contributed by atoms with E-state index in [0.717, 1.165) is 12.1 Å². The van der Waals surface area contributed by atoms with Gasteiger partial charge in [-0.2, -0.15) is 0 Å². The van der Waals surface area contributed by atoms with Gasteiger partial charge < -0.3 is 11.1 Å². The van der Waals surface area contributed by atoms with Crippen LogP contribution in [0.5, 0.6) is 0 Å². The average molecular weight is 265 g/mol. The van der Waals surface area contributed by atoms with E-state index in [9.17, 15) is 18.8 Å². The second-order valence-electron chi connectivity index (χ2n) is 4.25. The Morgan fingerprint density at radius 2 is 2.11 bits per heavy atom. The van der Waals surface area contributed by atoms with Gasteiger partial charge >= 0.3 is 0 Å². The van der Waals surface area contributed by atoms with Crippen LogP contribution < -0.4 is 16.4 Å². The summed E-state index contributed by atoms with van der Waals surface area (Å²) >= 11 is 0. The second kappa shape index (κ2) is 5.05. The molecule has 1 aliphatic heterocycles. The van der Waals surface area contributed by atoms with Gasteiger partial charge in [0.05, 0.1) is 0 Å². The van der Waals surface area contributed by atoms with Crippen molar-refractivity contribution in [2.75, 3.05) is 5.73 Å². The van der Waals surface area contributed by atoms with E-state index in [1.165, 1.54) is 6.07 Å². The summed E-state index contributed by atoms with van der Waals surface area (Å²) in [4.78, 5) is 34.3. The van der Waals surface area contributed by atoms with Gasteiger partial charge in [-0.05, 0) is 24.6 Å². The van der Waals surface area contributed by atoms with E-state index >= 15 is 0 Å². The molecule has 7 heteroatoms. The topological polar surface area (TPSA) is 101 Å². The van der Waals surface area contributed by atoms with Gasteiger partial charge in [-0.3, -0.25) is 19.7 Å². The zero-order valence-corrected chi connectivity index (χ0v) is 9.90. The van der Waals surface area contributed by atoms with Gasteiger partial charge in [0.25, 0.3) is 5.91 Å². The van der Waals surface area contributed by atoms with Crippen LogP contribution in [0, 0.1) is 5.82 Å². The zero-order valence-electron chi connectivity index (χ0n) is 9.90. The Morgan fingerprint density at radius 1 is 1.37 bits per heavy atom. The number of anilines is 1. The van der Waals surface area contributed by atoms with Crippen molar-refractivity contribution in [2.45, 2.75) is 18.9 Å². The summed E-state index contributed by atoms with van der Waals surface area (Å²) in [6.07, 6.45) is 0.378. The van der Waals surface area contributed by atoms with Gasteiger partial charge in [-0.1, -0.05) is 0 Å². The highest BCUT2D eigenvalue weighted by atomic mass is 19.1. The van der Waals surface area contributed by atoms with Crippen LogP contribution in [0.15, 0.2) is 18.2 Å². The van der Waals surface area contributed by atoms with E-state index in [-0.39, 0.29) is 30.0 Å². The molecule has 0 spiro atoms. The van der Waals surface area contributed by atoms with Crippen molar-refractivity contribution >= 4 is 23.4 Å². The van der Waals surface area contributed by atoms with Crippen LogP contribution in [0.1, 0.15) is 23.2 Å². The highest BCUT2D eigenvalue weighted by Crippen LogP contribution is 2.12. The van der Waals surface area contributed by atoms with Gasteiger partial charge in [0.1, 0.15) is 11.9 Å². The number of nitrogens with one attached hydrogen (secondary N) is 2. The normalized spacial score (nSPS) is 18.9. The molecule has 0 aliphatic carbocycles. The Bertz CT molecular complexity index is 539. The molecule has 1 unspecified atom stereocenters. The molecule has 0 bridgehead atoms. The van der Waals surface area contributed by atoms with Gasteiger partial charge in [0.2, 0.25) is 11.8 Å². The second-order valence-corrected chi connectivity index (χ2v) is 4.25. The van der Waals surface area contributed by atoms with Crippen molar-refractivity contribution in [2.24, 2.45) is 0 Å². The van der Waals surface area contributed by atoms with Gasteiger partial charge in [0.15, 0.2) is 0 Å². The minimum atomic E-state index is -0.797. The van der Waals surface area contributed by atoms with Gasteiger partial charge in [-0.15, -0.1) is 0 Å². The van der Waals surface area contributed by atoms with Crippen LogP contribution in [0.4, 0.5) is 10.1 Å². The SMILES string of the molecule is Nc1cc(F)cc(C(=O)NC2CCC(=O)NC2=O)c1. The van der Waals surface area contributed by atoms with E-state index in [4.69, 9.17) is 5.73 Å². The Balaban J connectivity index is 2.08. The predicted octanol–water partition coefficient (Wildman–Crippen LogP) is -0.0571. The number of rotatable bonds is 2. The van der Waals surface area contributed by atoms with Gasteiger partial charge in [0, 0.05) is 17.7 Å². The third kappa shape index (κ3) is 3.06. The first kappa shape index (κ1) is 13.0. The number of carbonyl (C=O) groups is 3. The Kier molecular flexibility index (Phi) is 3.46.